The molecule has 1 aliphatic rings. The third kappa shape index (κ3) is 5.15. The van der Waals surface area contributed by atoms with Gasteiger partial charge in [0.2, 0.25) is 0 Å². The lowest BCUT2D eigenvalue weighted by atomic mass is 10.0. The van der Waals surface area contributed by atoms with E-state index in [0.717, 1.165) is 19.3 Å². The van der Waals surface area contributed by atoms with Crippen molar-refractivity contribution >= 4 is 26.1 Å². The molecule has 2 unspecified atom stereocenters. The van der Waals surface area contributed by atoms with Crippen LogP contribution in [-0.4, -0.2) is 37.2 Å². The molecule has 0 saturated carbocycles. The zero-order valence-corrected chi connectivity index (χ0v) is 13.9. The molecule has 0 aromatic heterocycles. The summed E-state index contributed by atoms with van der Waals surface area (Å²) in [4.78, 5) is 0. The molecule has 2 atom stereocenters. The molecule has 0 bridgehead atoms. The summed E-state index contributed by atoms with van der Waals surface area (Å²) in [6.07, 6.45) is 2.94. The fraction of sp³-hybridized carbons (Fsp3) is 1.00. The molecule has 1 aliphatic heterocycles. The molecular weight excluding hydrogens is 316 g/mol. The zero-order valence-electron chi connectivity index (χ0n) is 11.5. The van der Waals surface area contributed by atoms with Crippen LogP contribution in [0.25, 0.3) is 0 Å². The summed E-state index contributed by atoms with van der Waals surface area (Å²) in [5, 5.41) is 0.661. The number of hydrogen-bond donors (Lipinski definition) is 1. The van der Waals surface area contributed by atoms with Gasteiger partial charge < -0.3 is 0 Å². The van der Waals surface area contributed by atoms with Gasteiger partial charge in [0.05, 0.1) is 0 Å². The molecule has 4 nitrogen and oxygen atoms in total. The fourth-order valence-corrected chi connectivity index (χ4v) is 4.57. The van der Waals surface area contributed by atoms with Gasteiger partial charge in [0.25, 0.3) is 10.2 Å². The Labute approximate surface area is 120 Å². The maximum atomic E-state index is 12.3. The average molecular weight is 341 g/mol. The summed E-state index contributed by atoms with van der Waals surface area (Å²) < 4.78 is 29.0. The van der Waals surface area contributed by atoms with Gasteiger partial charge in [-0.3, -0.25) is 0 Å². The van der Waals surface area contributed by atoms with Gasteiger partial charge in [-0.15, -0.1) is 0 Å². The molecule has 1 heterocycles. The van der Waals surface area contributed by atoms with E-state index in [1.54, 1.807) is 4.31 Å². The first kappa shape index (κ1) is 16.4. The molecule has 1 N–H and O–H groups in total. The molecular formula is C12H25BrN2O2S. The topological polar surface area (TPSA) is 49.4 Å². The Morgan fingerprint density at radius 2 is 2.11 bits per heavy atom. The van der Waals surface area contributed by atoms with Crippen LogP contribution in [0.1, 0.15) is 40.0 Å². The van der Waals surface area contributed by atoms with Gasteiger partial charge in [0.15, 0.2) is 0 Å². The van der Waals surface area contributed by atoms with Crippen LogP contribution in [0.5, 0.6) is 0 Å². The first-order chi connectivity index (χ1) is 8.35. The normalized spacial score (nSPS) is 24.4. The minimum Gasteiger partial charge on any atom is -0.198 e. The van der Waals surface area contributed by atoms with Crippen molar-refractivity contribution in [2.45, 2.75) is 46.1 Å². The number of nitrogens with one attached hydrogen (secondary N) is 1. The fourth-order valence-electron chi connectivity index (χ4n) is 2.36. The number of alkyl halides is 1. The van der Waals surface area contributed by atoms with E-state index >= 15 is 0 Å². The summed E-state index contributed by atoms with van der Waals surface area (Å²) in [6, 6.07) is -0.0211. The van der Waals surface area contributed by atoms with Crippen LogP contribution < -0.4 is 4.72 Å². The monoisotopic (exact) mass is 340 g/mol. The lowest BCUT2D eigenvalue weighted by Gasteiger charge is -2.31. The lowest BCUT2D eigenvalue weighted by Crippen LogP contribution is -2.49. The second kappa shape index (κ2) is 7.22. The van der Waals surface area contributed by atoms with Crippen molar-refractivity contribution in [3.63, 3.8) is 0 Å². The molecule has 1 fully saturated rings. The largest absolute Gasteiger partial charge is 0.279 e. The second-order valence-electron chi connectivity index (χ2n) is 5.71. The highest BCUT2D eigenvalue weighted by atomic mass is 79.9. The molecule has 0 spiro atoms. The number of halogens is 1. The van der Waals surface area contributed by atoms with Crippen molar-refractivity contribution in [2.24, 2.45) is 11.8 Å². The summed E-state index contributed by atoms with van der Waals surface area (Å²) in [5.74, 6) is 0.943. The standard InChI is InChI=1S/C12H25BrN2O2S/c1-10(2)7-12(8-13)14-18(16,17)15-6-4-5-11(3)9-15/h10-12,14H,4-9H2,1-3H3. The summed E-state index contributed by atoms with van der Waals surface area (Å²) in [5.41, 5.74) is 0. The molecule has 0 aliphatic carbocycles. The van der Waals surface area contributed by atoms with Gasteiger partial charge in [-0.05, 0) is 31.1 Å². The van der Waals surface area contributed by atoms with Crippen LogP contribution in [0.15, 0.2) is 0 Å². The van der Waals surface area contributed by atoms with Crippen molar-refractivity contribution in [3.8, 4) is 0 Å². The Morgan fingerprint density at radius 1 is 1.44 bits per heavy atom. The van der Waals surface area contributed by atoms with E-state index in [1.165, 1.54) is 0 Å². The predicted octanol–water partition coefficient (Wildman–Crippen LogP) is 2.36. The second-order valence-corrected chi connectivity index (χ2v) is 8.06. The smallest absolute Gasteiger partial charge is 0.198 e. The number of nitrogens with zero attached hydrogens (tertiary/aromatic N) is 1. The molecule has 6 heteroatoms. The molecule has 1 rings (SSSR count). The maximum Gasteiger partial charge on any atom is 0.279 e. The number of hydrogen-bond acceptors (Lipinski definition) is 2. The Hall–Kier alpha value is 0.350. The first-order valence-electron chi connectivity index (χ1n) is 6.68. The summed E-state index contributed by atoms with van der Waals surface area (Å²) >= 11 is 3.39. The van der Waals surface area contributed by atoms with Crippen molar-refractivity contribution in [2.75, 3.05) is 18.4 Å². The van der Waals surface area contributed by atoms with E-state index in [0.29, 0.717) is 30.3 Å². The van der Waals surface area contributed by atoms with Gasteiger partial charge in [-0.1, -0.05) is 36.7 Å². The summed E-state index contributed by atoms with van der Waals surface area (Å²) in [7, 11) is -3.32. The lowest BCUT2D eigenvalue weighted by molar-refractivity contribution is 0.276. The van der Waals surface area contributed by atoms with E-state index in [4.69, 9.17) is 0 Å². The van der Waals surface area contributed by atoms with Crippen LogP contribution in [-0.2, 0) is 10.2 Å². The number of rotatable bonds is 6. The van der Waals surface area contributed by atoms with Gasteiger partial charge in [-0.25, -0.2) is 0 Å². The molecule has 0 aromatic rings. The number of piperidine rings is 1. The van der Waals surface area contributed by atoms with Gasteiger partial charge in [-0.2, -0.15) is 17.4 Å². The minimum atomic E-state index is -3.32. The van der Waals surface area contributed by atoms with Crippen molar-refractivity contribution in [1.82, 2.24) is 9.03 Å². The summed E-state index contributed by atoms with van der Waals surface area (Å²) in [6.45, 7) is 7.61. The van der Waals surface area contributed by atoms with E-state index in [9.17, 15) is 8.42 Å². The Kier molecular flexibility index (Phi) is 6.58. The third-order valence-corrected chi connectivity index (χ3v) is 5.64. The molecule has 1 saturated heterocycles. The Balaban J connectivity index is 2.62. The molecule has 108 valence electrons. The van der Waals surface area contributed by atoms with E-state index < -0.39 is 10.2 Å². The first-order valence-corrected chi connectivity index (χ1v) is 9.24. The SMILES string of the molecule is CC(C)CC(CBr)NS(=O)(=O)N1CCCC(C)C1. The quantitative estimate of drug-likeness (QED) is 0.754. The molecule has 0 radical (unpaired) electrons. The van der Waals surface area contributed by atoms with Crippen molar-refractivity contribution < 1.29 is 8.42 Å². The highest BCUT2D eigenvalue weighted by molar-refractivity contribution is 9.09. The van der Waals surface area contributed by atoms with Crippen LogP contribution in [0.4, 0.5) is 0 Å². The van der Waals surface area contributed by atoms with Crippen LogP contribution in [0.3, 0.4) is 0 Å². The Bertz CT molecular complexity index is 346. The average Bonchev–Trinajstić information content (AvgIpc) is 2.27. The minimum absolute atomic E-state index is 0.0211. The molecule has 0 aromatic carbocycles. The van der Waals surface area contributed by atoms with E-state index in [2.05, 4.69) is 41.4 Å². The van der Waals surface area contributed by atoms with Gasteiger partial charge in [0.1, 0.15) is 0 Å². The van der Waals surface area contributed by atoms with Crippen LogP contribution in [0, 0.1) is 11.8 Å². The van der Waals surface area contributed by atoms with Crippen molar-refractivity contribution in [1.29, 1.82) is 0 Å². The van der Waals surface area contributed by atoms with Crippen molar-refractivity contribution in [3.05, 3.63) is 0 Å². The Morgan fingerprint density at radius 3 is 2.61 bits per heavy atom. The van der Waals surface area contributed by atoms with E-state index in [1.807, 2.05) is 0 Å². The molecule has 18 heavy (non-hydrogen) atoms. The predicted molar refractivity (Wildman–Crippen MR) is 79.1 cm³/mol. The highest BCUT2D eigenvalue weighted by Crippen LogP contribution is 2.18. The maximum absolute atomic E-state index is 12.3. The van der Waals surface area contributed by atoms with Gasteiger partial charge >= 0.3 is 0 Å². The van der Waals surface area contributed by atoms with Crippen LogP contribution >= 0.6 is 15.9 Å². The zero-order chi connectivity index (χ0) is 13.8. The third-order valence-electron chi connectivity index (χ3n) is 3.22. The van der Waals surface area contributed by atoms with Gasteiger partial charge in [0, 0.05) is 24.5 Å². The van der Waals surface area contributed by atoms with Crippen LogP contribution in [0.2, 0.25) is 0 Å². The van der Waals surface area contributed by atoms with E-state index in [-0.39, 0.29) is 6.04 Å². The highest BCUT2D eigenvalue weighted by Gasteiger charge is 2.28. The molecule has 0 amide bonds.